The molecule has 0 heterocycles. The quantitative estimate of drug-likeness (QED) is 0.602. The summed E-state index contributed by atoms with van der Waals surface area (Å²) in [4.78, 5) is 14.0. The summed E-state index contributed by atoms with van der Waals surface area (Å²) < 4.78 is 5.10. The Hall–Kier alpha value is -0.650. The minimum absolute atomic E-state index is 0.0790. The van der Waals surface area contributed by atoms with Gasteiger partial charge in [-0.3, -0.25) is 9.69 Å². The van der Waals surface area contributed by atoms with Gasteiger partial charge in [0, 0.05) is 45.2 Å². The van der Waals surface area contributed by atoms with Gasteiger partial charge in [0.05, 0.1) is 6.61 Å². The van der Waals surface area contributed by atoms with Gasteiger partial charge in [-0.2, -0.15) is 0 Å². The zero-order valence-corrected chi connectivity index (χ0v) is 12.2. The number of hydrogen-bond acceptors (Lipinski definition) is 4. The predicted octanol–water partition coefficient (Wildman–Crippen LogP) is 0.587. The molecular formula is C13H29N3O2. The molecule has 0 saturated carbocycles. The maximum atomic E-state index is 11.7. The molecule has 0 aliphatic rings. The van der Waals surface area contributed by atoms with E-state index in [4.69, 9.17) is 10.5 Å². The van der Waals surface area contributed by atoms with Gasteiger partial charge in [-0.25, -0.2) is 0 Å². The van der Waals surface area contributed by atoms with Gasteiger partial charge in [-0.05, 0) is 20.3 Å². The van der Waals surface area contributed by atoms with E-state index < -0.39 is 0 Å². The van der Waals surface area contributed by atoms with Crippen molar-refractivity contribution in [1.29, 1.82) is 0 Å². The largest absolute Gasteiger partial charge is 0.383 e. The molecule has 0 aromatic rings. The third-order valence-corrected chi connectivity index (χ3v) is 2.95. The van der Waals surface area contributed by atoms with Gasteiger partial charge in [-0.15, -0.1) is 0 Å². The molecule has 0 fully saturated rings. The van der Waals surface area contributed by atoms with Crippen molar-refractivity contribution in [2.75, 3.05) is 33.4 Å². The lowest BCUT2D eigenvalue weighted by Gasteiger charge is -2.33. The fourth-order valence-corrected chi connectivity index (χ4v) is 1.95. The molecular weight excluding hydrogens is 230 g/mol. The van der Waals surface area contributed by atoms with Crippen molar-refractivity contribution in [2.45, 2.75) is 45.7 Å². The second kappa shape index (κ2) is 10.3. The molecule has 1 amide bonds. The van der Waals surface area contributed by atoms with Crippen LogP contribution in [-0.2, 0) is 9.53 Å². The van der Waals surface area contributed by atoms with Crippen LogP contribution in [0.5, 0.6) is 0 Å². The van der Waals surface area contributed by atoms with Crippen LogP contribution in [0, 0.1) is 0 Å². The Kier molecular flexibility index (Phi) is 9.92. The summed E-state index contributed by atoms with van der Waals surface area (Å²) in [6, 6.07) is 0.435. The molecule has 0 radical (unpaired) electrons. The van der Waals surface area contributed by atoms with E-state index in [0.717, 1.165) is 19.5 Å². The number of carbonyl (C=O) groups excluding carboxylic acids is 1. The number of carbonyl (C=O) groups is 1. The number of hydrogen-bond donors (Lipinski definition) is 2. The number of amides is 1. The Morgan fingerprint density at radius 3 is 2.56 bits per heavy atom. The third-order valence-electron chi connectivity index (χ3n) is 2.95. The molecule has 3 N–H and O–H groups in total. The monoisotopic (exact) mass is 259 g/mol. The molecule has 0 saturated heterocycles. The molecule has 108 valence electrons. The van der Waals surface area contributed by atoms with E-state index in [1.54, 1.807) is 7.11 Å². The van der Waals surface area contributed by atoms with E-state index in [1.165, 1.54) is 0 Å². The molecule has 0 spiro atoms. The summed E-state index contributed by atoms with van der Waals surface area (Å²) in [5, 5.41) is 2.89. The average Bonchev–Trinajstić information content (AvgIpc) is 2.34. The van der Waals surface area contributed by atoms with Crippen LogP contribution in [0.25, 0.3) is 0 Å². The van der Waals surface area contributed by atoms with E-state index in [-0.39, 0.29) is 11.9 Å². The summed E-state index contributed by atoms with van der Waals surface area (Å²) >= 11 is 0. The molecule has 5 nitrogen and oxygen atoms in total. The van der Waals surface area contributed by atoms with Crippen molar-refractivity contribution in [2.24, 2.45) is 5.73 Å². The van der Waals surface area contributed by atoms with E-state index in [0.29, 0.717) is 25.6 Å². The number of nitrogens with two attached hydrogens (primary N) is 1. The maximum absolute atomic E-state index is 11.7. The highest BCUT2D eigenvalue weighted by Crippen LogP contribution is 2.08. The smallest absolute Gasteiger partial charge is 0.221 e. The molecule has 0 aliphatic carbocycles. The van der Waals surface area contributed by atoms with Crippen molar-refractivity contribution in [1.82, 2.24) is 10.2 Å². The van der Waals surface area contributed by atoms with Crippen molar-refractivity contribution < 1.29 is 9.53 Å². The van der Waals surface area contributed by atoms with E-state index in [9.17, 15) is 4.79 Å². The second-order valence-corrected chi connectivity index (χ2v) is 4.77. The van der Waals surface area contributed by atoms with Crippen LogP contribution < -0.4 is 11.1 Å². The van der Waals surface area contributed by atoms with Gasteiger partial charge in [0.25, 0.3) is 0 Å². The minimum atomic E-state index is 0.0790. The Bertz CT molecular complexity index is 222. The van der Waals surface area contributed by atoms with Crippen LogP contribution in [0.15, 0.2) is 0 Å². The molecule has 0 rings (SSSR count). The molecule has 0 aliphatic heterocycles. The number of ether oxygens (including phenoxy) is 1. The molecule has 18 heavy (non-hydrogen) atoms. The summed E-state index contributed by atoms with van der Waals surface area (Å²) in [5.74, 6) is 0.0790. The number of methoxy groups -OCH3 is 1. The zero-order chi connectivity index (χ0) is 14.0. The Morgan fingerprint density at radius 2 is 2.11 bits per heavy atom. The van der Waals surface area contributed by atoms with E-state index >= 15 is 0 Å². The van der Waals surface area contributed by atoms with Crippen LogP contribution in [0.4, 0.5) is 0 Å². The Balaban J connectivity index is 4.35. The first-order valence-corrected chi connectivity index (χ1v) is 6.78. The highest BCUT2D eigenvalue weighted by atomic mass is 16.5. The fraction of sp³-hybridized carbons (Fsp3) is 0.923. The van der Waals surface area contributed by atoms with Gasteiger partial charge in [0.1, 0.15) is 0 Å². The first kappa shape index (κ1) is 17.4. The van der Waals surface area contributed by atoms with Crippen molar-refractivity contribution in [3.05, 3.63) is 0 Å². The average molecular weight is 259 g/mol. The lowest BCUT2D eigenvalue weighted by Crippen LogP contribution is -2.48. The van der Waals surface area contributed by atoms with E-state index in [1.807, 2.05) is 6.92 Å². The summed E-state index contributed by atoms with van der Waals surface area (Å²) in [6.45, 7) is 8.95. The van der Waals surface area contributed by atoms with Gasteiger partial charge in [0.15, 0.2) is 0 Å². The Labute approximate surface area is 111 Å². The van der Waals surface area contributed by atoms with Crippen molar-refractivity contribution >= 4 is 5.91 Å². The van der Waals surface area contributed by atoms with Gasteiger partial charge in [0.2, 0.25) is 5.91 Å². The van der Waals surface area contributed by atoms with Crippen molar-refractivity contribution in [3.63, 3.8) is 0 Å². The lowest BCUT2D eigenvalue weighted by atomic mass is 10.1. The molecule has 1 atom stereocenters. The summed E-state index contributed by atoms with van der Waals surface area (Å²) in [5.41, 5.74) is 5.80. The van der Waals surface area contributed by atoms with Crippen LogP contribution in [-0.4, -0.2) is 56.2 Å². The second-order valence-electron chi connectivity index (χ2n) is 4.77. The first-order valence-electron chi connectivity index (χ1n) is 6.78. The Morgan fingerprint density at radius 1 is 1.44 bits per heavy atom. The highest BCUT2D eigenvalue weighted by molar-refractivity contribution is 5.76. The SMILES string of the molecule is CCCNC(=O)CC(CN)N(CCOC)C(C)C. The normalized spacial score (nSPS) is 13.1. The van der Waals surface area contributed by atoms with Crippen LogP contribution >= 0.6 is 0 Å². The van der Waals surface area contributed by atoms with E-state index in [2.05, 4.69) is 24.1 Å². The van der Waals surface area contributed by atoms with Gasteiger partial charge >= 0.3 is 0 Å². The van der Waals surface area contributed by atoms with Crippen LogP contribution in [0.1, 0.15) is 33.6 Å². The molecule has 0 aromatic carbocycles. The number of rotatable bonds is 10. The lowest BCUT2D eigenvalue weighted by molar-refractivity contribution is -0.122. The van der Waals surface area contributed by atoms with Gasteiger partial charge < -0.3 is 15.8 Å². The molecule has 1 unspecified atom stereocenters. The molecule has 5 heteroatoms. The number of nitrogens with one attached hydrogen (secondary N) is 1. The number of nitrogens with zero attached hydrogens (tertiary/aromatic N) is 1. The predicted molar refractivity (Wildman–Crippen MR) is 74.5 cm³/mol. The maximum Gasteiger partial charge on any atom is 0.221 e. The topological polar surface area (TPSA) is 67.6 Å². The summed E-state index contributed by atoms with van der Waals surface area (Å²) in [6.07, 6.45) is 1.41. The summed E-state index contributed by atoms with van der Waals surface area (Å²) in [7, 11) is 1.68. The standard InChI is InChI=1S/C13H29N3O2/c1-5-6-15-13(17)9-12(10-14)16(11(2)3)7-8-18-4/h11-12H,5-10,14H2,1-4H3,(H,15,17). The van der Waals surface area contributed by atoms with Crippen LogP contribution in [0.2, 0.25) is 0 Å². The van der Waals surface area contributed by atoms with Crippen molar-refractivity contribution in [3.8, 4) is 0 Å². The van der Waals surface area contributed by atoms with Crippen LogP contribution in [0.3, 0.4) is 0 Å². The third kappa shape index (κ3) is 6.93. The fourth-order valence-electron chi connectivity index (χ4n) is 1.95. The molecule has 0 bridgehead atoms. The highest BCUT2D eigenvalue weighted by Gasteiger charge is 2.22. The molecule has 0 aromatic heterocycles. The van der Waals surface area contributed by atoms with Gasteiger partial charge in [-0.1, -0.05) is 6.92 Å². The minimum Gasteiger partial charge on any atom is -0.383 e. The zero-order valence-electron chi connectivity index (χ0n) is 12.2. The first-order chi connectivity index (χ1) is 8.56.